The standard InChI is InChI=1S/C15H15ClN2O4S/c16-11-4-3-5-12(10-11)23(21,22)17-9-8-15(20)18-13-6-1-2-7-14(13)19/h1-7,10,17,19H,8-9H2,(H,18,20). The molecule has 1 amide bonds. The molecule has 2 rings (SSSR count). The molecule has 0 aliphatic heterocycles. The Hall–Kier alpha value is -2.09. The van der Waals surface area contributed by atoms with Crippen LogP contribution in [0.1, 0.15) is 6.42 Å². The summed E-state index contributed by atoms with van der Waals surface area (Å²) in [5.74, 6) is -0.472. The summed E-state index contributed by atoms with van der Waals surface area (Å²) < 4.78 is 26.4. The summed E-state index contributed by atoms with van der Waals surface area (Å²) >= 11 is 5.76. The van der Waals surface area contributed by atoms with E-state index in [1.165, 1.54) is 24.3 Å². The molecule has 3 N–H and O–H groups in total. The molecule has 0 aliphatic rings. The van der Waals surface area contributed by atoms with Gasteiger partial charge in [-0.3, -0.25) is 4.79 Å². The van der Waals surface area contributed by atoms with Gasteiger partial charge in [-0.05, 0) is 30.3 Å². The molecule has 2 aromatic carbocycles. The van der Waals surface area contributed by atoms with E-state index in [-0.39, 0.29) is 29.3 Å². The van der Waals surface area contributed by atoms with Crippen LogP contribution in [0.3, 0.4) is 0 Å². The van der Waals surface area contributed by atoms with Crippen LogP contribution in [0.25, 0.3) is 0 Å². The van der Waals surface area contributed by atoms with Crippen LogP contribution in [0.4, 0.5) is 5.69 Å². The van der Waals surface area contributed by atoms with Crippen molar-refractivity contribution in [1.29, 1.82) is 0 Å². The first-order valence-electron chi connectivity index (χ1n) is 6.71. The van der Waals surface area contributed by atoms with Crippen LogP contribution in [0.15, 0.2) is 53.4 Å². The monoisotopic (exact) mass is 354 g/mol. The van der Waals surface area contributed by atoms with Gasteiger partial charge in [-0.1, -0.05) is 29.8 Å². The number of sulfonamides is 1. The molecular formula is C15H15ClN2O4S. The molecule has 2 aromatic rings. The topological polar surface area (TPSA) is 95.5 Å². The SMILES string of the molecule is O=C(CCNS(=O)(=O)c1cccc(Cl)c1)Nc1ccccc1O. The number of hydrogen-bond donors (Lipinski definition) is 3. The Morgan fingerprint density at radius 1 is 1.13 bits per heavy atom. The van der Waals surface area contributed by atoms with Gasteiger partial charge in [-0.15, -0.1) is 0 Å². The van der Waals surface area contributed by atoms with Crippen LogP contribution in [0.2, 0.25) is 5.02 Å². The van der Waals surface area contributed by atoms with Crippen molar-refractivity contribution in [1.82, 2.24) is 4.72 Å². The number of halogens is 1. The average molecular weight is 355 g/mol. The van der Waals surface area contributed by atoms with Crippen molar-refractivity contribution in [3.8, 4) is 5.75 Å². The normalized spacial score (nSPS) is 11.2. The Morgan fingerprint density at radius 2 is 1.87 bits per heavy atom. The van der Waals surface area contributed by atoms with E-state index in [2.05, 4.69) is 10.0 Å². The third-order valence-electron chi connectivity index (χ3n) is 2.93. The van der Waals surface area contributed by atoms with Gasteiger partial charge in [0.2, 0.25) is 15.9 Å². The second kappa shape index (κ2) is 7.45. The zero-order valence-corrected chi connectivity index (χ0v) is 13.6. The molecule has 122 valence electrons. The van der Waals surface area contributed by atoms with Crippen molar-refractivity contribution >= 4 is 33.2 Å². The van der Waals surface area contributed by atoms with E-state index in [0.29, 0.717) is 5.02 Å². The molecule has 0 bridgehead atoms. The Labute approximate surface area is 139 Å². The number of rotatable bonds is 6. The van der Waals surface area contributed by atoms with Crippen molar-refractivity contribution in [2.45, 2.75) is 11.3 Å². The first-order valence-corrected chi connectivity index (χ1v) is 8.58. The number of para-hydroxylation sites is 2. The van der Waals surface area contributed by atoms with Crippen molar-refractivity contribution < 1.29 is 18.3 Å². The summed E-state index contributed by atoms with van der Waals surface area (Å²) in [6.45, 7) is -0.0751. The highest BCUT2D eigenvalue weighted by Crippen LogP contribution is 2.21. The minimum atomic E-state index is -3.72. The van der Waals surface area contributed by atoms with E-state index in [1.807, 2.05) is 0 Å². The van der Waals surface area contributed by atoms with Gasteiger partial charge in [0.1, 0.15) is 5.75 Å². The number of carbonyl (C=O) groups is 1. The van der Waals surface area contributed by atoms with Gasteiger partial charge < -0.3 is 10.4 Å². The fraction of sp³-hybridized carbons (Fsp3) is 0.133. The van der Waals surface area contributed by atoms with Gasteiger partial charge in [-0.2, -0.15) is 0 Å². The van der Waals surface area contributed by atoms with Crippen LogP contribution in [0.5, 0.6) is 5.75 Å². The van der Waals surface area contributed by atoms with Crippen molar-refractivity contribution in [3.63, 3.8) is 0 Å². The van der Waals surface area contributed by atoms with Crippen LogP contribution in [-0.4, -0.2) is 26.0 Å². The summed E-state index contributed by atoms with van der Waals surface area (Å²) in [6, 6.07) is 12.1. The molecule has 0 saturated carbocycles. The lowest BCUT2D eigenvalue weighted by atomic mass is 10.3. The molecule has 0 aliphatic carbocycles. The largest absolute Gasteiger partial charge is 0.506 e. The maximum Gasteiger partial charge on any atom is 0.240 e. The van der Waals surface area contributed by atoms with Crippen molar-refractivity contribution in [2.75, 3.05) is 11.9 Å². The number of hydrogen-bond acceptors (Lipinski definition) is 4. The van der Waals surface area contributed by atoms with Gasteiger partial charge in [0.05, 0.1) is 10.6 Å². The number of phenols is 1. The number of carbonyl (C=O) groups excluding carboxylic acids is 1. The number of benzene rings is 2. The lowest BCUT2D eigenvalue weighted by Crippen LogP contribution is -2.27. The van der Waals surface area contributed by atoms with E-state index in [1.54, 1.807) is 24.3 Å². The van der Waals surface area contributed by atoms with E-state index < -0.39 is 15.9 Å². The van der Waals surface area contributed by atoms with Gasteiger partial charge in [0.15, 0.2) is 0 Å². The smallest absolute Gasteiger partial charge is 0.240 e. The molecule has 0 atom stereocenters. The van der Waals surface area contributed by atoms with Crippen molar-refractivity contribution in [3.05, 3.63) is 53.6 Å². The first kappa shape index (κ1) is 17.3. The zero-order valence-electron chi connectivity index (χ0n) is 12.0. The highest BCUT2D eigenvalue weighted by Gasteiger charge is 2.14. The van der Waals surface area contributed by atoms with Gasteiger partial charge in [0.25, 0.3) is 0 Å². The molecule has 23 heavy (non-hydrogen) atoms. The summed E-state index contributed by atoms with van der Waals surface area (Å²) in [6.07, 6.45) is -0.0753. The summed E-state index contributed by atoms with van der Waals surface area (Å²) in [7, 11) is -3.72. The average Bonchev–Trinajstić information content (AvgIpc) is 2.49. The summed E-state index contributed by atoms with van der Waals surface area (Å²) in [4.78, 5) is 11.8. The maximum absolute atomic E-state index is 12.0. The Balaban J connectivity index is 1.89. The summed E-state index contributed by atoms with van der Waals surface area (Å²) in [5, 5.41) is 12.4. The number of anilines is 1. The molecule has 0 saturated heterocycles. The third kappa shape index (κ3) is 4.95. The van der Waals surface area contributed by atoms with Crippen LogP contribution < -0.4 is 10.0 Å². The van der Waals surface area contributed by atoms with E-state index in [4.69, 9.17) is 11.6 Å². The van der Waals surface area contributed by atoms with Gasteiger partial charge in [0, 0.05) is 18.0 Å². The summed E-state index contributed by atoms with van der Waals surface area (Å²) in [5.41, 5.74) is 0.273. The highest BCUT2D eigenvalue weighted by molar-refractivity contribution is 7.89. The molecule has 0 heterocycles. The minimum Gasteiger partial charge on any atom is -0.506 e. The quantitative estimate of drug-likeness (QED) is 0.694. The molecule has 0 radical (unpaired) electrons. The van der Waals surface area contributed by atoms with Crippen LogP contribution in [-0.2, 0) is 14.8 Å². The fourth-order valence-corrected chi connectivity index (χ4v) is 3.14. The maximum atomic E-state index is 12.0. The number of aromatic hydroxyl groups is 1. The molecule has 0 aromatic heterocycles. The van der Waals surface area contributed by atoms with E-state index >= 15 is 0 Å². The highest BCUT2D eigenvalue weighted by atomic mass is 35.5. The molecule has 0 unspecified atom stereocenters. The lowest BCUT2D eigenvalue weighted by Gasteiger charge is -2.08. The number of phenolic OH excluding ortho intramolecular Hbond substituents is 1. The van der Waals surface area contributed by atoms with Crippen molar-refractivity contribution in [2.24, 2.45) is 0 Å². The second-order valence-electron chi connectivity index (χ2n) is 4.67. The number of nitrogens with one attached hydrogen (secondary N) is 2. The minimum absolute atomic E-state index is 0.0334. The fourth-order valence-electron chi connectivity index (χ4n) is 1.81. The Kier molecular flexibility index (Phi) is 5.59. The predicted molar refractivity (Wildman–Crippen MR) is 88.0 cm³/mol. The van der Waals surface area contributed by atoms with Gasteiger partial charge in [-0.25, -0.2) is 13.1 Å². The molecule has 8 heteroatoms. The Morgan fingerprint density at radius 3 is 2.57 bits per heavy atom. The molecule has 0 spiro atoms. The van der Waals surface area contributed by atoms with Crippen LogP contribution in [0, 0.1) is 0 Å². The molecular weight excluding hydrogens is 340 g/mol. The van der Waals surface area contributed by atoms with Gasteiger partial charge >= 0.3 is 0 Å². The molecule has 0 fully saturated rings. The molecule has 6 nitrogen and oxygen atoms in total. The lowest BCUT2D eigenvalue weighted by molar-refractivity contribution is -0.116. The van der Waals surface area contributed by atoms with E-state index in [0.717, 1.165) is 0 Å². The van der Waals surface area contributed by atoms with Crippen LogP contribution >= 0.6 is 11.6 Å². The Bertz CT molecular complexity index is 809. The zero-order chi connectivity index (χ0) is 16.9. The first-order chi connectivity index (χ1) is 10.9. The second-order valence-corrected chi connectivity index (χ2v) is 6.87. The predicted octanol–water partition coefficient (Wildman–Crippen LogP) is 2.35. The number of amides is 1. The van der Waals surface area contributed by atoms with E-state index in [9.17, 15) is 18.3 Å². The third-order valence-corrected chi connectivity index (χ3v) is 4.62.